The van der Waals surface area contributed by atoms with Gasteiger partial charge in [-0.05, 0) is 19.9 Å². The zero-order chi connectivity index (χ0) is 13.6. The standard InChI is InChI=1S/C14H23NO3/c1-14(2,17-4)8-9-18-13-11(10-15)6-5-7-12(13)16-3/h5-7H,8-10,15H2,1-4H3. The van der Waals surface area contributed by atoms with Gasteiger partial charge in [0.05, 0.1) is 19.3 Å². The molecule has 1 aromatic rings. The van der Waals surface area contributed by atoms with Crippen LogP contribution in [0.3, 0.4) is 0 Å². The summed E-state index contributed by atoms with van der Waals surface area (Å²) in [7, 11) is 3.33. The smallest absolute Gasteiger partial charge is 0.165 e. The molecular formula is C14H23NO3. The summed E-state index contributed by atoms with van der Waals surface area (Å²) < 4.78 is 16.4. The second kappa shape index (κ2) is 6.61. The van der Waals surface area contributed by atoms with Crippen LogP contribution in [0, 0.1) is 0 Å². The van der Waals surface area contributed by atoms with E-state index in [-0.39, 0.29) is 5.60 Å². The number of para-hydroxylation sites is 1. The highest BCUT2D eigenvalue weighted by molar-refractivity contribution is 5.46. The molecule has 102 valence electrons. The van der Waals surface area contributed by atoms with E-state index >= 15 is 0 Å². The summed E-state index contributed by atoms with van der Waals surface area (Å²) in [6.07, 6.45) is 0.797. The molecule has 0 heterocycles. The third-order valence-corrected chi connectivity index (χ3v) is 3.00. The van der Waals surface area contributed by atoms with Crippen molar-refractivity contribution >= 4 is 0 Å². The summed E-state index contributed by atoms with van der Waals surface area (Å²) in [5.74, 6) is 1.45. The van der Waals surface area contributed by atoms with Gasteiger partial charge < -0.3 is 19.9 Å². The maximum atomic E-state index is 5.80. The summed E-state index contributed by atoms with van der Waals surface area (Å²) in [6.45, 7) is 5.05. The van der Waals surface area contributed by atoms with Crippen molar-refractivity contribution in [1.29, 1.82) is 0 Å². The molecule has 0 amide bonds. The predicted molar refractivity (Wildman–Crippen MR) is 72.1 cm³/mol. The van der Waals surface area contributed by atoms with Gasteiger partial charge >= 0.3 is 0 Å². The highest BCUT2D eigenvalue weighted by Crippen LogP contribution is 2.31. The van der Waals surface area contributed by atoms with Crippen LogP contribution in [0.2, 0.25) is 0 Å². The molecule has 18 heavy (non-hydrogen) atoms. The van der Waals surface area contributed by atoms with Gasteiger partial charge in [0, 0.05) is 25.6 Å². The minimum absolute atomic E-state index is 0.190. The summed E-state index contributed by atoms with van der Waals surface area (Å²) in [5, 5.41) is 0. The van der Waals surface area contributed by atoms with Crippen LogP contribution in [0.5, 0.6) is 11.5 Å². The van der Waals surface area contributed by atoms with Gasteiger partial charge in [-0.15, -0.1) is 0 Å². The number of ether oxygens (including phenoxy) is 3. The predicted octanol–water partition coefficient (Wildman–Crippen LogP) is 2.35. The lowest BCUT2D eigenvalue weighted by Gasteiger charge is -2.23. The highest BCUT2D eigenvalue weighted by Gasteiger charge is 2.17. The normalized spacial score (nSPS) is 11.4. The Bertz CT molecular complexity index is 355. The van der Waals surface area contributed by atoms with E-state index in [9.17, 15) is 0 Å². The number of hydrogen-bond donors (Lipinski definition) is 1. The fourth-order valence-electron chi connectivity index (χ4n) is 1.55. The van der Waals surface area contributed by atoms with Crippen molar-refractivity contribution in [3.05, 3.63) is 23.8 Å². The molecule has 0 saturated carbocycles. The largest absolute Gasteiger partial charge is 0.493 e. The first kappa shape index (κ1) is 14.8. The molecule has 2 N–H and O–H groups in total. The van der Waals surface area contributed by atoms with Crippen LogP contribution < -0.4 is 15.2 Å². The molecule has 0 saturated heterocycles. The van der Waals surface area contributed by atoms with E-state index in [1.165, 1.54) is 0 Å². The first-order valence-corrected chi connectivity index (χ1v) is 6.08. The molecule has 0 aliphatic carbocycles. The number of hydrogen-bond acceptors (Lipinski definition) is 4. The van der Waals surface area contributed by atoms with E-state index in [0.717, 1.165) is 17.7 Å². The molecule has 0 aliphatic rings. The van der Waals surface area contributed by atoms with Crippen molar-refractivity contribution in [3.8, 4) is 11.5 Å². The zero-order valence-corrected chi connectivity index (χ0v) is 11.7. The van der Waals surface area contributed by atoms with E-state index in [1.54, 1.807) is 14.2 Å². The van der Waals surface area contributed by atoms with Crippen molar-refractivity contribution in [2.24, 2.45) is 5.73 Å². The minimum atomic E-state index is -0.190. The molecule has 4 nitrogen and oxygen atoms in total. The van der Waals surface area contributed by atoms with Crippen LogP contribution >= 0.6 is 0 Å². The molecular weight excluding hydrogens is 230 g/mol. The van der Waals surface area contributed by atoms with Gasteiger partial charge in [0.2, 0.25) is 0 Å². The number of methoxy groups -OCH3 is 2. The average Bonchev–Trinajstić information content (AvgIpc) is 2.38. The second-order valence-corrected chi connectivity index (χ2v) is 4.71. The molecule has 1 rings (SSSR count). The summed E-state index contributed by atoms with van der Waals surface area (Å²) in [6, 6.07) is 5.72. The topological polar surface area (TPSA) is 53.7 Å². The van der Waals surface area contributed by atoms with Gasteiger partial charge in [0.25, 0.3) is 0 Å². The lowest BCUT2D eigenvalue weighted by atomic mass is 10.1. The van der Waals surface area contributed by atoms with Crippen molar-refractivity contribution < 1.29 is 14.2 Å². The third-order valence-electron chi connectivity index (χ3n) is 3.00. The molecule has 0 spiro atoms. The molecule has 0 unspecified atom stereocenters. The minimum Gasteiger partial charge on any atom is -0.493 e. The summed E-state index contributed by atoms with van der Waals surface area (Å²) >= 11 is 0. The maximum absolute atomic E-state index is 5.80. The van der Waals surface area contributed by atoms with Gasteiger partial charge in [0.1, 0.15) is 0 Å². The second-order valence-electron chi connectivity index (χ2n) is 4.71. The summed E-state index contributed by atoms with van der Waals surface area (Å²) in [5.41, 5.74) is 6.46. The van der Waals surface area contributed by atoms with E-state index < -0.39 is 0 Å². The van der Waals surface area contributed by atoms with Crippen LogP contribution in [0.25, 0.3) is 0 Å². The average molecular weight is 253 g/mol. The van der Waals surface area contributed by atoms with Crippen LogP contribution in [-0.2, 0) is 11.3 Å². The molecule has 4 heteroatoms. The SMILES string of the molecule is COc1cccc(CN)c1OCCC(C)(C)OC. The Labute approximate surface area is 109 Å². The Balaban J connectivity index is 2.71. The first-order valence-electron chi connectivity index (χ1n) is 6.08. The number of benzene rings is 1. The Kier molecular flexibility index (Phi) is 5.44. The Morgan fingerprint density at radius 1 is 1.22 bits per heavy atom. The van der Waals surface area contributed by atoms with E-state index in [2.05, 4.69) is 0 Å². The zero-order valence-electron chi connectivity index (χ0n) is 11.7. The molecule has 0 radical (unpaired) electrons. The van der Waals surface area contributed by atoms with Gasteiger partial charge in [-0.3, -0.25) is 0 Å². The van der Waals surface area contributed by atoms with Crippen LogP contribution in [0.4, 0.5) is 0 Å². The fourth-order valence-corrected chi connectivity index (χ4v) is 1.55. The molecule has 0 aromatic heterocycles. The van der Waals surface area contributed by atoms with Gasteiger partial charge in [-0.1, -0.05) is 12.1 Å². The number of rotatable bonds is 7. The molecule has 0 fully saturated rings. The van der Waals surface area contributed by atoms with Gasteiger partial charge in [-0.25, -0.2) is 0 Å². The Morgan fingerprint density at radius 3 is 2.50 bits per heavy atom. The first-order chi connectivity index (χ1) is 8.54. The third kappa shape index (κ3) is 3.89. The monoisotopic (exact) mass is 253 g/mol. The fraction of sp³-hybridized carbons (Fsp3) is 0.571. The van der Waals surface area contributed by atoms with Gasteiger partial charge in [0.15, 0.2) is 11.5 Å². The van der Waals surface area contributed by atoms with Crippen molar-refractivity contribution in [1.82, 2.24) is 0 Å². The van der Waals surface area contributed by atoms with Crippen molar-refractivity contribution in [3.63, 3.8) is 0 Å². The lowest BCUT2D eigenvalue weighted by molar-refractivity contribution is 0.00517. The van der Waals surface area contributed by atoms with Gasteiger partial charge in [-0.2, -0.15) is 0 Å². The van der Waals surface area contributed by atoms with E-state index in [4.69, 9.17) is 19.9 Å². The number of nitrogens with two attached hydrogens (primary N) is 1. The van der Waals surface area contributed by atoms with E-state index in [1.807, 2.05) is 32.0 Å². The van der Waals surface area contributed by atoms with Crippen LogP contribution in [0.1, 0.15) is 25.8 Å². The highest BCUT2D eigenvalue weighted by atomic mass is 16.5. The molecule has 1 aromatic carbocycles. The molecule has 0 bridgehead atoms. The van der Waals surface area contributed by atoms with Crippen molar-refractivity contribution in [2.75, 3.05) is 20.8 Å². The van der Waals surface area contributed by atoms with Crippen molar-refractivity contribution in [2.45, 2.75) is 32.4 Å². The maximum Gasteiger partial charge on any atom is 0.165 e. The molecule has 0 atom stereocenters. The molecule has 0 aliphatic heterocycles. The van der Waals surface area contributed by atoms with Crippen LogP contribution in [-0.4, -0.2) is 26.4 Å². The van der Waals surface area contributed by atoms with E-state index in [0.29, 0.717) is 18.9 Å². The van der Waals surface area contributed by atoms with Crippen LogP contribution in [0.15, 0.2) is 18.2 Å². The Hall–Kier alpha value is -1.26. The quantitative estimate of drug-likeness (QED) is 0.810. The lowest BCUT2D eigenvalue weighted by Crippen LogP contribution is -2.25. The summed E-state index contributed by atoms with van der Waals surface area (Å²) in [4.78, 5) is 0. The Morgan fingerprint density at radius 2 is 1.94 bits per heavy atom.